The summed E-state index contributed by atoms with van der Waals surface area (Å²) < 4.78 is 5.07. The lowest BCUT2D eigenvalue weighted by Crippen LogP contribution is -2.28. The van der Waals surface area contributed by atoms with Crippen LogP contribution < -0.4 is 5.73 Å². The Labute approximate surface area is 94.8 Å². The van der Waals surface area contributed by atoms with Gasteiger partial charge >= 0.3 is 5.97 Å². The first-order chi connectivity index (χ1) is 7.69. The number of rotatable bonds is 6. The standard InChI is InChI=1S/C10H18N4O2/c1-3-14(4-2)5-6-16-10(15)8-9(11)13-7-12-8/h7H,3-6,11H2,1-2H3,(H,12,13). The summed E-state index contributed by atoms with van der Waals surface area (Å²) in [5.41, 5.74) is 5.69. The molecule has 6 nitrogen and oxygen atoms in total. The number of H-pyrrole nitrogens is 1. The van der Waals surface area contributed by atoms with E-state index in [9.17, 15) is 4.79 Å². The van der Waals surface area contributed by atoms with Gasteiger partial charge in [-0.3, -0.25) is 0 Å². The van der Waals surface area contributed by atoms with Gasteiger partial charge in [0.25, 0.3) is 0 Å². The molecule has 0 radical (unpaired) electrons. The maximum absolute atomic E-state index is 11.5. The Bertz CT molecular complexity index is 333. The van der Waals surface area contributed by atoms with Crippen LogP contribution in [0.4, 0.5) is 5.82 Å². The van der Waals surface area contributed by atoms with Gasteiger partial charge < -0.3 is 20.4 Å². The van der Waals surface area contributed by atoms with E-state index in [0.717, 1.165) is 19.6 Å². The number of aromatic amines is 1. The van der Waals surface area contributed by atoms with Gasteiger partial charge in [0, 0.05) is 6.54 Å². The smallest absolute Gasteiger partial charge is 0.358 e. The average molecular weight is 226 g/mol. The average Bonchev–Trinajstić information content (AvgIpc) is 2.70. The lowest BCUT2D eigenvalue weighted by atomic mass is 10.4. The van der Waals surface area contributed by atoms with Crippen molar-refractivity contribution in [2.45, 2.75) is 13.8 Å². The Morgan fingerprint density at radius 2 is 2.25 bits per heavy atom. The molecule has 0 spiro atoms. The number of carbonyl (C=O) groups excluding carboxylic acids is 1. The van der Waals surface area contributed by atoms with Crippen LogP contribution in [0, 0.1) is 0 Å². The fraction of sp³-hybridized carbons (Fsp3) is 0.600. The number of carbonyl (C=O) groups is 1. The Balaban J connectivity index is 2.34. The zero-order valence-corrected chi connectivity index (χ0v) is 9.69. The summed E-state index contributed by atoms with van der Waals surface area (Å²) in [5.74, 6) is -0.282. The maximum Gasteiger partial charge on any atom is 0.358 e. The highest BCUT2D eigenvalue weighted by Crippen LogP contribution is 2.05. The molecule has 1 aromatic rings. The highest BCUT2D eigenvalue weighted by Gasteiger charge is 2.13. The molecule has 0 bridgehead atoms. The number of nitrogens with zero attached hydrogens (tertiary/aromatic N) is 2. The molecule has 3 N–H and O–H groups in total. The first-order valence-electron chi connectivity index (χ1n) is 5.37. The second kappa shape index (κ2) is 6.12. The van der Waals surface area contributed by atoms with Crippen LogP contribution in [-0.4, -0.2) is 47.1 Å². The van der Waals surface area contributed by atoms with Gasteiger partial charge in [0.15, 0.2) is 11.5 Å². The van der Waals surface area contributed by atoms with Crippen LogP contribution in [0.25, 0.3) is 0 Å². The number of hydrogen-bond acceptors (Lipinski definition) is 5. The molecule has 6 heteroatoms. The monoisotopic (exact) mass is 226 g/mol. The van der Waals surface area contributed by atoms with Gasteiger partial charge in [0.05, 0.1) is 6.33 Å². The van der Waals surface area contributed by atoms with Crippen molar-refractivity contribution in [3.63, 3.8) is 0 Å². The number of esters is 1. The summed E-state index contributed by atoms with van der Waals surface area (Å²) in [6, 6.07) is 0. The number of imidazole rings is 1. The molecule has 0 saturated carbocycles. The Morgan fingerprint density at radius 3 is 2.75 bits per heavy atom. The van der Waals surface area contributed by atoms with E-state index < -0.39 is 5.97 Å². The topological polar surface area (TPSA) is 84.2 Å². The molecule has 0 aliphatic heterocycles. The zero-order chi connectivity index (χ0) is 12.0. The van der Waals surface area contributed by atoms with Gasteiger partial charge in [-0.1, -0.05) is 13.8 Å². The minimum Gasteiger partial charge on any atom is -0.460 e. The SMILES string of the molecule is CCN(CC)CCOC(=O)c1[nH]cnc1N. The number of nitrogen functional groups attached to an aromatic ring is 1. The molecule has 0 unspecified atom stereocenters. The molecule has 90 valence electrons. The van der Waals surface area contributed by atoms with Crippen LogP contribution in [0.15, 0.2) is 6.33 Å². The van der Waals surface area contributed by atoms with Crippen LogP contribution in [0.2, 0.25) is 0 Å². The van der Waals surface area contributed by atoms with Crippen molar-refractivity contribution in [3.05, 3.63) is 12.0 Å². The normalized spacial score (nSPS) is 10.7. The van der Waals surface area contributed by atoms with Crippen molar-refractivity contribution < 1.29 is 9.53 Å². The second-order valence-electron chi connectivity index (χ2n) is 3.33. The highest BCUT2D eigenvalue weighted by molar-refractivity contribution is 5.91. The fourth-order valence-corrected chi connectivity index (χ4v) is 1.35. The number of aromatic nitrogens is 2. The zero-order valence-electron chi connectivity index (χ0n) is 9.69. The number of anilines is 1. The molecule has 0 saturated heterocycles. The number of nitrogens with one attached hydrogen (secondary N) is 1. The van der Waals surface area contributed by atoms with Gasteiger partial charge in [-0.2, -0.15) is 0 Å². The van der Waals surface area contributed by atoms with E-state index in [0.29, 0.717) is 6.61 Å². The third-order valence-corrected chi connectivity index (χ3v) is 2.41. The summed E-state index contributed by atoms with van der Waals surface area (Å²) in [7, 11) is 0. The molecular weight excluding hydrogens is 208 g/mol. The number of ether oxygens (including phenoxy) is 1. The first-order valence-corrected chi connectivity index (χ1v) is 5.37. The molecule has 1 rings (SSSR count). The quantitative estimate of drug-likeness (QED) is 0.690. The number of nitrogens with two attached hydrogens (primary N) is 1. The molecule has 0 aromatic carbocycles. The van der Waals surface area contributed by atoms with Crippen LogP contribution in [0.5, 0.6) is 0 Å². The highest BCUT2D eigenvalue weighted by atomic mass is 16.5. The molecule has 1 heterocycles. The lowest BCUT2D eigenvalue weighted by Gasteiger charge is -2.17. The summed E-state index contributed by atoms with van der Waals surface area (Å²) in [6.07, 6.45) is 1.37. The van der Waals surface area contributed by atoms with E-state index in [-0.39, 0.29) is 11.5 Å². The summed E-state index contributed by atoms with van der Waals surface area (Å²) in [4.78, 5) is 20.0. The van der Waals surface area contributed by atoms with Crippen LogP contribution in [0.1, 0.15) is 24.3 Å². The maximum atomic E-state index is 11.5. The predicted molar refractivity (Wildman–Crippen MR) is 61.1 cm³/mol. The van der Waals surface area contributed by atoms with Crippen LogP contribution in [-0.2, 0) is 4.74 Å². The lowest BCUT2D eigenvalue weighted by molar-refractivity contribution is 0.0461. The largest absolute Gasteiger partial charge is 0.460 e. The molecule has 0 fully saturated rings. The Morgan fingerprint density at radius 1 is 1.56 bits per heavy atom. The Kier molecular flexibility index (Phi) is 4.78. The molecule has 0 atom stereocenters. The van der Waals surface area contributed by atoms with Gasteiger partial charge in [-0.25, -0.2) is 9.78 Å². The third-order valence-electron chi connectivity index (χ3n) is 2.41. The molecule has 16 heavy (non-hydrogen) atoms. The van der Waals surface area contributed by atoms with Gasteiger partial charge in [-0.15, -0.1) is 0 Å². The van der Waals surface area contributed by atoms with Gasteiger partial charge in [0.2, 0.25) is 0 Å². The van der Waals surface area contributed by atoms with Crippen LogP contribution >= 0.6 is 0 Å². The van der Waals surface area contributed by atoms with Crippen molar-refractivity contribution in [1.82, 2.24) is 14.9 Å². The molecule has 0 aliphatic carbocycles. The summed E-state index contributed by atoms with van der Waals surface area (Å²) in [5, 5.41) is 0. The summed E-state index contributed by atoms with van der Waals surface area (Å²) in [6.45, 7) is 7.11. The van der Waals surface area contributed by atoms with E-state index in [4.69, 9.17) is 10.5 Å². The Hall–Kier alpha value is -1.56. The van der Waals surface area contributed by atoms with Crippen molar-refractivity contribution in [2.75, 3.05) is 32.0 Å². The van der Waals surface area contributed by atoms with Crippen molar-refractivity contribution in [3.8, 4) is 0 Å². The van der Waals surface area contributed by atoms with Gasteiger partial charge in [-0.05, 0) is 13.1 Å². The molecular formula is C10H18N4O2. The van der Waals surface area contributed by atoms with Crippen molar-refractivity contribution in [1.29, 1.82) is 0 Å². The van der Waals surface area contributed by atoms with Gasteiger partial charge in [0.1, 0.15) is 6.61 Å². The first kappa shape index (κ1) is 12.5. The summed E-state index contributed by atoms with van der Waals surface area (Å²) >= 11 is 0. The molecule has 1 aromatic heterocycles. The molecule has 0 amide bonds. The number of likely N-dealkylation sites (N-methyl/N-ethyl adjacent to an activating group) is 1. The van der Waals surface area contributed by atoms with E-state index in [1.54, 1.807) is 0 Å². The van der Waals surface area contributed by atoms with E-state index in [1.165, 1.54) is 6.33 Å². The van der Waals surface area contributed by atoms with E-state index >= 15 is 0 Å². The number of hydrogen-bond donors (Lipinski definition) is 2. The van der Waals surface area contributed by atoms with Crippen LogP contribution in [0.3, 0.4) is 0 Å². The van der Waals surface area contributed by atoms with E-state index in [1.807, 2.05) is 0 Å². The predicted octanol–water partition coefficient (Wildman–Crippen LogP) is 0.490. The molecule has 0 aliphatic rings. The fourth-order valence-electron chi connectivity index (χ4n) is 1.35. The third kappa shape index (κ3) is 3.23. The van der Waals surface area contributed by atoms with Crippen molar-refractivity contribution >= 4 is 11.8 Å². The van der Waals surface area contributed by atoms with Crippen molar-refractivity contribution in [2.24, 2.45) is 0 Å². The second-order valence-corrected chi connectivity index (χ2v) is 3.33. The minimum absolute atomic E-state index is 0.174. The van der Waals surface area contributed by atoms with E-state index in [2.05, 4.69) is 28.7 Å². The minimum atomic E-state index is -0.456.